The van der Waals surface area contributed by atoms with E-state index in [0.717, 1.165) is 8.06 Å². The summed E-state index contributed by atoms with van der Waals surface area (Å²) in [6, 6.07) is 26.6. The van der Waals surface area contributed by atoms with Gasteiger partial charge in [-0.3, -0.25) is 4.79 Å². The van der Waals surface area contributed by atoms with E-state index in [1.807, 2.05) is 0 Å². The first-order valence-corrected chi connectivity index (χ1v) is 14.9. The topological polar surface area (TPSA) is 117 Å². The standard InChI is InChI=1S/C29H21N3O6S2/c1-38-23-13-15-26-21(17-23)18-28(31(26)39(34,35)24-8-4-2-5-9-24)29(33)20-12-14-27-22(16-20)19-30-32(27)40(36,37)25-10-6-3-7-11-25/h2-19H,1H3. The molecule has 200 valence electrons. The van der Waals surface area contributed by atoms with Gasteiger partial charge in [-0.05, 0) is 66.7 Å². The van der Waals surface area contributed by atoms with Gasteiger partial charge in [-0.1, -0.05) is 36.4 Å². The van der Waals surface area contributed by atoms with Gasteiger partial charge in [-0.25, -0.2) is 12.4 Å². The third kappa shape index (κ3) is 4.07. The molecule has 6 rings (SSSR count). The van der Waals surface area contributed by atoms with Crippen LogP contribution < -0.4 is 4.74 Å². The summed E-state index contributed by atoms with van der Waals surface area (Å²) < 4.78 is 61.1. The predicted molar refractivity (Wildman–Crippen MR) is 150 cm³/mol. The van der Waals surface area contributed by atoms with E-state index in [2.05, 4.69) is 5.10 Å². The Morgan fingerprint density at radius 1 is 0.700 bits per heavy atom. The van der Waals surface area contributed by atoms with Crippen molar-refractivity contribution in [3.8, 4) is 5.75 Å². The van der Waals surface area contributed by atoms with Crippen LogP contribution in [0, 0.1) is 0 Å². The highest BCUT2D eigenvalue weighted by Gasteiger charge is 2.28. The van der Waals surface area contributed by atoms with E-state index in [1.54, 1.807) is 54.6 Å². The van der Waals surface area contributed by atoms with E-state index < -0.39 is 25.8 Å². The van der Waals surface area contributed by atoms with Crippen LogP contribution in [-0.2, 0) is 20.0 Å². The number of hydrogen-bond acceptors (Lipinski definition) is 7. The molecule has 0 fully saturated rings. The Labute approximate surface area is 230 Å². The fraction of sp³-hybridized carbons (Fsp3) is 0.0345. The van der Waals surface area contributed by atoms with Gasteiger partial charge in [-0.2, -0.15) is 17.6 Å². The van der Waals surface area contributed by atoms with Crippen molar-refractivity contribution in [2.75, 3.05) is 7.11 Å². The van der Waals surface area contributed by atoms with Crippen molar-refractivity contribution in [3.05, 3.63) is 121 Å². The number of fused-ring (bicyclic) bond motifs is 2. The van der Waals surface area contributed by atoms with Gasteiger partial charge in [0, 0.05) is 16.3 Å². The minimum absolute atomic E-state index is 0.0280. The molecule has 0 amide bonds. The maximum atomic E-state index is 13.9. The number of benzene rings is 4. The molecule has 4 aromatic carbocycles. The molecule has 9 nitrogen and oxygen atoms in total. The van der Waals surface area contributed by atoms with Gasteiger partial charge in [0.2, 0.25) is 5.78 Å². The van der Waals surface area contributed by atoms with Gasteiger partial charge in [0.15, 0.2) is 0 Å². The van der Waals surface area contributed by atoms with Crippen molar-refractivity contribution in [1.82, 2.24) is 13.2 Å². The number of methoxy groups -OCH3 is 1. The molecule has 6 aromatic rings. The lowest BCUT2D eigenvalue weighted by Gasteiger charge is -2.12. The van der Waals surface area contributed by atoms with Crippen molar-refractivity contribution in [2.24, 2.45) is 0 Å². The van der Waals surface area contributed by atoms with E-state index in [4.69, 9.17) is 4.74 Å². The van der Waals surface area contributed by atoms with Crippen LogP contribution in [-0.4, -0.2) is 42.9 Å². The summed E-state index contributed by atoms with van der Waals surface area (Å²) in [6.45, 7) is 0. The van der Waals surface area contributed by atoms with Crippen molar-refractivity contribution >= 4 is 47.6 Å². The molecule has 11 heteroatoms. The Morgan fingerprint density at radius 2 is 1.32 bits per heavy atom. The number of ether oxygens (including phenoxy) is 1. The maximum Gasteiger partial charge on any atom is 0.283 e. The third-order valence-corrected chi connectivity index (χ3v) is 9.90. The van der Waals surface area contributed by atoms with E-state index in [0.29, 0.717) is 22.0 Å². The SMILES string of the molecule is COc1ccc2c(c1)cc(C(=O)c1ccc3c(cnn3S(=O)(=O)c3ccccc3)c1)n2S(=O)(=O)c1ccccc1. The Bertz CT molecular complexity index is 2130. The number of rotatable bonds is 7. The van der Waals surface area contributed by atoms with Crippen LogP contribution in [0.2, 0.25) is 0 Å². The van der Waals surface area contributed by atoms with Crippen molar-refractivity contribution < 1.29 is 26.4 Å². The molecule has 0 saturated carbocycles. The predicted octanol–water partition coefficient (Wildman–Crippen LogP) is 4.70. The zero-order chi connectivity index (χ0) is 28.1. The first-order chi connectivity index (χ1) is 19.2. The second-order valence-electron chi connectivity index (χ2n) is 8.95. The van der Waals surface area contributed by atoms with E-state index in [1.165, 1.54) is 61.8 Å². The lowest BCUT2D eigenvalue weighted by Crippen LogP contribution is -2.19. The number of hydrogen-bond donors (Lipinski definition) is 0. The average molecular weight is 572 g/mol. The molecule has 0 bridgehead atoms. The third-order valence-electron chi connectivity index (χ3n) is 6.54. The average Bonchev–Trinajstić information content (AvgIpc) is 3.59. The molecule has 2 aromatic heterocycles. The first-order valence-electron chi connectivity index (χ1n) is 12.0. The minimum Gasteiger partial charge on any atom is -0.497 e. The van der Waals surface area contributed by atoms with Gasteiger partial charge in [0.05, 0.1) is 34.1 Å². The lowest BCUT2D eigenvalue weighted by molar-refractivity contribution is 0.103. The van der Waals surface area contributed by atoms with Crippen LogP contribution in [0.3, 0.4) is 0 Å². The van der Waals surface area contributed by atoms with Crippen molar-refractivity contribution in [3.63, 3.8) is 0 Å². The smallest absolute Gasteiger partial charge is 0.283 e. The molecule has 0 N–H and O–H groups in total. The minimum atomic E-state index is -4.15. The lowest BCUT2D eigenvalue weighted by atomic mass is 10.1. The van der Waals surface area contributed by atoms with E-state index in [9.17, 15) is 21.6 Å². The van der Waals surface area contributed by atoms with E-state index in [-0.39, 0.29) is 26.6 Å². The highest BCUT2D eigenvalue weighted by atomic mass is 32.2. The zero-order valence-corrected chi connectivity index (χ0v) is 22.6. The molecule has 0 aliphatic rings. The molecular weight excluding hydrogens is 550 g/mol. The largest absolute Gasteiger partial charge is 0.497 e. The molecule has 0 aliphatic carbocycles. The second kappa shape index (κ2) is 9.47. The van der Waals surface area contributed by atoms with Gasteiger partial charge in [0.25, 0.3) is 20.0 Å². The summed E-state index contributed by atoms with van der Waals surface area (Å²) in [5.41, 5.74) is 0.692. The Kier molecular flexibility index (Phi) is 6.05. The van der Waals surface area contributed by atoms with Crippen LogP contribution in [0.25, 0.3) is 21.8 Å². The fourth-order valence-corrected chi connectivity index (χ4v) is 7.42. The number of carbonyl (C=O) groups excluding carboxylic acids is 1. The molecule has 40 heavy (non-hydrogen) atoms. The summed E-state index contributed by atoms with van der Waals surface area (Å²) in [5, 5.41) is 4.98. The monoisotopic (exact) mass is 571 g/mol. The number of aromatic nitrogens is 3. The number of ketones is 1. The normalized spacial score (nSPS) is 12.1. The Hall–Kier alpha value is -4.74. The number of nitrogens with zero attached hydrogens (tertiary/aromatic N) is 3. The number of carbonyl (C=O) groups is 1. The van der Waals surface area contributed by atoms with Gasteiger partial charge >= 0.3 is 0 Å². The van der Waals surface area contributed by atoms with Crippen LogP contribution >= 0.6 is 0 Å². The molecule has 0 aliphatic heterocycles. The van der Waals surface area contributed by atoms with E-state index >= 15 is 0 Å². The quantitative estimate of drug-likeness (QED) is 0.255. The van der Waals surface area contributed by atoms with Gasteiger partial charge < -0.3 is 4.74 Å². The van der Waals surface area contributed by atoms with Gasteiger partial charge in [0.1, 0.15) is 11.4 Å². The molecular formula is C29H21N3O6S2. The molecule has 0 unspecified atom stereocenters. The summed E-state index contributed by atoms with van der Waals surface area (Å²) in [5.74, 6) is -0.0514. The van der Waals surface area contributed by atoms with Crippen LogP contribution in [0.15, 0.2) is 119 Å². The Morgan fingerprint density at radius 3 is 1.98 bits per heavy atom. The molecule has 0 saturated heterocycles. The summed E-state index contributed by atoms with van der Waals surface area (Å²) >= 11 is 0. The van der Waals surface area contributed by atoms with Crippen molar-refractivity contribution in [1.29, 1.82) is 0 Å². The molecule has 2 heterocycles. The second-order valence-corrected chi connectivity index (χ2v) is 12.5. The first kappa shape index (κ1) is 25.5. The highest BCUT2D eigenvalue weighted by Crippen LogP contribution is 2.31. The molecule has 0 radical (unpaired) electrons. The van der Waals surface area contributed by atoms with Crippen LogP contribution in [0.4, 0.5) is 0 Å². The van der Waals surface area contributed by atoms with Crippen LogP contribution in [0.1, 0.15) is 16.1 Å². The van der Waals surface area contributed by atoms with Crippen molar-refractivity contribution in [2.45, 2.75) is 9.79 Å². The summed E-state index contributed by atoms with van der Waals surface area (Å²) in [7, 11) is -6.62. The summed E-state index contributed by atoms with van der Waals surface area (Å²) in [4.78, 5) is 14.0. The molecule has 0 spiro atoms. The Balaban J connectivity index is 1.50. The van der Waals surface area contributed by atoms with Gasteiger partial charge in [-0.15, -0.1) is 0 Å². The highest BCUT2D eigenvalue weighted by molar-refractivity contribution is 7.90. The van der Waals surface area contributed by atoms with Crippen LogP contribution in [0.5, 0.6) is 5.75 Å². The maximum absolute atomic E-state index is 13.9. The molecule has 0 atom stereocenters. The fourth-order valence-electron chi connectivity index (χ4n) is 4.59. The summed E-state index contributed by atoms with van der Waals surface area (Å²) in [6.07, 6.45) is 1.35. The zero-order valence-electron chi connectivity index (χ0n) is 21.0.